The average Bonchev–Trinajstić information content (AvgIpc) is 2.24. The number of amides is 1. The molecule has 0 spiro atoms. The summed E-state index contributed by atoms with van der Waals surface area (Å²) in [4.78, 5) is 23.0. The quantitative estimate of drug-likeness (QED) is 0.850. The van der Waals surface area contributed by atoms with Crippen molar-refractivity contribution >= 4 is 11.9 Å². The predicted molar refractivity (Wildman–Crippen MR) is 77.1 cm³/mol. The van der Waals surface area contributed by atoms with Crippen LogP contribution in [-0.4, -0.2) is 24.5 Å². The summed E-state index contributed by atoms with van der Waals surface area (Å²) in [6, 6.07) is -0.489. The number of rotatable bonds is 4. The first-order valence-electron chi connectivity index (χ1n) is 7.24. The normalized spacial score (nSPS) is 16.5. The van der Waals surface area contributed by atoms with Gasteiger partial charge in [-0.15, -0.1) is 0 Å². The molecule has 4 nitrogen and oxygen atoms in total. The maximum Gasteiger partial charge on any atom is 0.407 e. The van der Waals surface area contributed by atoms with Crippen LogP contribution in [-0.2, 0) is 9.53 Å². The van der Waals surface area contributed by atoms with Gasteiger partial charge in [0.15, 0.2) is 5.78 Å². The van der Waals surface area contributed by atoms with E-state index in [1.165, 1.54) is 13.3 Å². The van der Waals surface area contributed by atoms with E-state index in [1.807, 2.05) is 34.6 Å². The van der Waals surface area contributed by atoms with Crippen molar-refractivity contribution in [3.63, 3.8) is 0 Å². The van der Waals surface area contributed by atoms with E-state index in [4.69, 9.17) is 4.74 Å². The molecule has 0 bridgehead atoms. The van der Waals surface area contributed by atoms with E-state index in [0.717, 1.165) is 12.8 Å². The van der Waals surface area contributed by atoms with E-state index in [1.54, 1.807) is 0 Å². The number of nitrogens with one attached hydrogen (secondary N) is 1. The molecule has 1 atom stereocenters. The molecule has 1 aliphatic rings. The molecule has 1 fully saturated rings. The Hall–Kier alpha value is -1.06. The topological polar surface area (TPSA) is 55.4 Å². The van der Waals surface area contributed by atoms with Gasteiger partial charge < -0.3 is 10.1 Å². The van der Waals surface area contributed by atoms with Crippen molar-refractivity contribution in [2.75, 3.05) is 6.61 Å². The van der Waals surface area contributed by atoms with Gasteiger partial charge in [0, 0.05) is 0 Å². The fourth-order valence-electron chi connectivity index (χ4n) is 1.94. The number of hydrogen-bond donors (Lipinski definition) is 1. The van der Waals surface area contributed by atoms with Gasteiger partial charge in [-0.2, -0.15) is 0 Å². The molecule has 0 saturated heterocycles. The van der Waals surface area contributed by atoms with Gasteiger partial charge in [-0.05, 0) is 31.1 Å². The molecule has 1 aliphatic carbocycles. The number of alkyl carbamates (subject to hydrolysis) is 1. The van der Waals surface area contributed by atoms with Gasteiger partial charge in [0.25, 0.3) is 0 Å². The van der Waals surface area contributed by atoms with Crippen molar-refractivity contribution in [1.29, 1.82) is 0 Å². The maximum atomic E-state index is 11.6. The van der Waals surface area contributed by atoms with E-state index in [2.05, 4.69) is 5.32 Å². The molecule has 0 aromatic heterocycles. The largest absolute Gasteiger partial charge is 0.449 e. The Labute approximate surface area is 117 Å². The minimum Gasteiger partial charge on any atom is -0.449 e. The van der Waals surface area contributed by atoms with Crippen LogP contribution in [0.25, 0.3) is 0 Å². The van der Waals surface area contributed by atoms with Crippen LogP contribution in [0.4, 0.5) is 4.79 Å². The van der Waals surface area contributed by atoms with Crippen LogP contribution < -0.4 is 5.32 Å². The first kappa shape index (κ1) is 17.9. The number of hydrogen-bond acceptors (Lipinski definition) is 3. The van der Waals surface area contributed by atoms with Gasteiger partial charge >= 0.3 is 6.09 Å². The zero-order valence-electron chi connectivity index (χ0n) is 13.2. The molecule has 0 aromatic carbocycles. The lowest BCUT2D eigenvalue weighted by Crippen LogP contribution is -2.48. The highest BCUT2D eigenvalue weighted by Gasteiger charge is 2.30. The molecule has 0 radical (unpaired) electrons. The van der Waals surface area contributed by atoms with Crippen LogP contribution >= 0.6 is 0 Å². The summed E-state index contributed by atoms with van der Waals surface area (Å²) >= 11 is 0. The summed E-state index contributed by atoms with van der Waals surface area (Å²) in [6.07, 6.45) is 3.03. The molecule has 112 valence electrons. The lowest BCUT2D eigenvalue weighted by atomic mass is 9.84. The zero-order valence-corrected chi connectivity index (χ0v) is 13.2. The lowest BCUT2D eigenvalue weighted by Gasteiger charge is -2.30. The predicted octanol–water partition coefficient (Wildman–Crippen LogP) is 3.54. The minimum absolute atomic E-state index is 0.0434. The monoisotopic (exact) mass is 271 g/mol. The van der Waals surface area contributed by atoms with Crippen LogP contribution in [0.1, 0.15) is 60.8 Å². The maximum absolute atomic E-state index is 11.6. The molecule has 1 rings (SSSR count). The Balaban J connectivity index is 0.00000154. The van der Waals surface area contributed by atoms with Gasteiger partial charge in [-0.3, -0.25) is 4.79 Å². The third-order valence-corrected chi connectivity index (χ3v) is 3.21. The second-order valence-corrected chi connectivity index (χ2v) is 5.95. The number of carbonyl (C=O) groups excluding carboxylic acids is 2. The fourth-order valence-corrected chi connectivity index (χ4v) is 1.94. The van der Waals surface area contributed by atoms with E-state index in [0.29, 0.717) is 12.5 Å². The van der Waals surface area contributed by atoms with E-state index in [9.17, 15) is 9.59 Å². The highest BCUT2D eigenvalue weighted by molar-refractivity contribution is 5.86. The molecule has 1 saturated carbocycles. The summed E-state index contributed by atoms with van der Waals surface area (Å²) in [7, 11) is 0. The number of ether oxygens (including phenoxy) is 1. The van der Waals surface area contributed by atoms with Crippen molar-refractivity contribution in [2.45, 2.75) is 66.8 Å². The third-order valence-electron chi connectivity index (χ3n) is 3.21. The molecular formula is C15H29NO3. The molecule has 19 heavy (non-hydrogen) atoms. The fraction of sp³-hybridized carbons (Fsp3) is 0.867. The van der Waals surface area contributed by atoms with Crippen molar-refractivity contribution < 1.29 is 14.3 Å². The number of ketones is 1. The summed E-state index contributed by atoms with van der Waals surface area (Å²) < 4.78 is 5.12. The Morgan fingerprint density at radius 2 is 1.79 bits per heavy atom. The number of Topliss-reactive ketones (excluding diaryl/α,β-unsaturated/α-hetero) is 1. The minimum atomic E-state index is -0.489. The Morgan fingerprint density at radius 1 is 1.26 bits per heavy atom. The lowest BCUT2D eigenvalue weighted by molar-refractivity contribution is -0.121. The van der Waals surface area contributed by atoms with Gasteiger partial charge in [-0.25, -0.2) is 4.79 Å². The summed E-state index contributed by atoms with van der Waals surface area (Å²) in [5.74, 6) is 0.476. The van der Waals surface area contributed by atoms with Gasteiger partial charge in [-0.1, -0.05) is 41.0 Å². The second-order valence-electron chi connectivity index (χ2n) is 5.95. The summed E-state index contributed by atoms with van der Waals surface area (Å²) in [5.41, 5.74) is -0.290. The summed E-state index contributed by atoms with van der Waals surface area (Å²) in [6.45, 7) is 11.7. The van der Waals surface area contributed by atoms with Crippen molar-refractivity contribution in [3.8, 4) is 0 Å². The van der Waals surface area contributed by atoms with Crippen LogP contribution in [0.2, 0.25) is 0 Å². The summed E-state index contributed by atoms with van der Waals surface area (Å²) in [5, 5.41) is 2.65. The molecule has 0 heterocycles. The third kappa shape index (κ3) is 6.60. The highest BCUT2D eigenvalue weighted by atomic mass is 16.5. The van der Waals surface area contributed by atoms with Crippen molar-refractivity contribution in [2.24, 2.45) is 11.3 Å². The van der Waals surface area contributed by atoms with Crippen LogP contribution in [0.15, 0.2) is 0 Å². The van der Waals surface area contributed by atoms with E-state index >= 15 is 0 Å². The molecule has 1 N–H and O–H groups in total. The molecule has 0 aromatic rings. The zero-order chi connectivity index (χ0) is 15.1. The average molecular weight is 271 g/mol. The van der Waals surface area contributed by atoms with Crippen LogP contribution in [0.5, 0.6) is 0 Å². The molecule has 4 heteroatoms. The Morgan fingerprint density at radius 3 is 2.11 bits per heavy atom. The van der Waals surface area contributed by atoms with Crippen molar-refractivity contribution in [3.05, 3.63) is 0 Å². The van der Waals surface area contributed by atoms with E-state index < -0.39 is 12.1 Å². The smallest absolute Gasteiger partial charge is 0.407 e. The first-order valence-corrected chi connectivity index (χ1v) is 7.24. The first-order chi connectivity index (χ1) is 8.80. The second kappa shape index (κ2) is 8.18. The van der Waals surface area contributed by atoms with Crippen LogP contribution in [0.3, 0.4) is 0 Å². The van der Waals surface area contributed by atoms with Gasteiger partial charge in [0.2, 0.25) is 0 Å². The van der Waals surface area contributed by atoms with E-state index in [-0.39, 0.29) is 11.2 Å². The SMILES string of the molecule is CC.CC(=O)C(NC(=O)OCC1CCC1)C(C)(C)C. The standard InChI is InChI=1S/C13H23NO3.C2H6/c1-9(15)11(13(2,3)4)14-12(16)17-8-10-6-5-7-10;1-2/h10-11H,5-8H2,1-4H3,(H,14,16);1-2H3. The highest BCUT2D eigenvalue weighted by Crippen LogP contribution is 2.26. The molecule has 1 unspecified atom stereocenters. The van der Waals surface area contributed by atoms with Crippen LogP contribution in [0, 0.1) is 11.3 Å². The van der Waals surface area contributed by atoms with Gasteiger partial charge in [0.1, 0.15) is 0 Å². The Bertz CT molecular complexity index is 290. The van der Waals surface area contributed by atoms with Crippen molar-refractivity contribution in [1.82, 2.24) is 5.32 Å². The molecule has 0 aliphatic heterocycles. The van der Waals surface area contributed by atoms with Gasteiger partial charge in [0.05, 0.1) is 12.6 Å². The Kier molecular flexibility index (Phi) is 7.72. The number of carbonyl (C=O) groups is 2. The molecule has 1 amide bonds. The molecular weight excluding hydrogens is 242 g/mol.